The maximum Gasteiger partial charge on any atom is 0.183 e. The molecule has 4 aromatic heterocycles. The Morgan fingerprint density at radius 1 is 0.452 bits per heavy atom. The molecule has 6 heteroatoms. The lowest BCUT2D eigenvalue weighted by molar-refractivity contribution is 0.669. The molecule has 0 N–H and O–H groups in total. The molecule has 0 aliphatic heterocycles. The smallest absolute Gasteiger partial charge is 0.183 e. The topological polar surface area (TPSA) is 77.8 Å². The normalized spacial score (nSPS) is 11.8. The molecule has 9 aromatic rings. The summed E-state index contributed by atoms with van der Waals surface area (Å²) in [6.07, 6.45) is 1.75. The lowest BCUT2D eigenvalue weighted by Crippen LogP contribution is -2.01. The van der Waals surface area contributed by atoms with Gasteiger partial charge in [-0.15, -0.1) is 0 Å². The van der Waals surface area contributed by atoms with Gasteiger partial charge >= 0.3 is 0 Å². The monoisotopic (exact) mass is 540 g/mol. The van der Waals surface area contributed by atoms with Gasteiger partial charge in [0.05, 0.1) is 5.39 Å². The van der Waals surface area contributed by atoms with Gasteiger partial charge in [0.25, 0.3) is 0 Å². The van der Waals surface area contributed by atoms with Gasteiger partial charge in [-0.05, 0) is 41.8 Å². The van der Waals surface area contributed by atoms with Crippen molar-refractivity contribution in [2.45, 2.75) is 0 Å². The minimum absolute atomic E-state index is 0.484. The fraction of sp³-hybridized carbons (Fsp3) is 0. The quantitative estimate of drug-likeness (QED) is 0.222. The summed E-state index contributed by atoms with van der Waals surface area (Å²) in [7, 11) is 0. The molecule has 0 spiro atoms. The first-order chi connectivity index (χ1) is 20.8. The zero-order chi connectivity index (χ0) is 27.6. The zero-order valence-electron chi connectivity index (χ0n) is 22.2. The van der Waals surface area contributed by atoms with E-state index in [1.165, 1.54) is 0 Å². The van der Waals surface area contributed by atoms with Crippen molar-refractivity contribution in [3.8, 4) is 34.3 Å². The number of para-hydroxylation sites is 1. The molecular weight excluding hydrogens is 520 g/mol. The van der Waals surface area contributed by atoms with Crippen LogP contribution in [0, 0.1) is 0 Å². The summed E-state index contributed by atoms with van der Waals surface area (Å²) in [4.78, 5) is 19.7. The minimum atomic E-state index is 0.484. The third kappa shape index (κ3) is 3.45. The summed E-state index contributed by atoms with van der Waals surface area (Å²) >= 11 is 0. The van der Waals surface area contributed by atoms with Gasteiger partial charge in [0.1, 0.15) is 28.0 Å². The van der Waals surface area contributed by atoms with Gasteiger partial charge < -0.3 is 8.83 Å². The van der Waals surface area contributed by atoms with Crippen LogP contribution in [0.3, 0.4) is 0 Å². The zero-order valence-corrected chi connectivity index (χ0v) is 22.2. The number of nitrogens with zero attached hydrogens (tertiary/aromatic N) is 4. The first-order valence-electron chi connectivity index (χ1n) is 13.7. The number of benzene rings is 5. The molecule has 0 unspecified atom stereocenters. The average Bonchev–Trinajstić information content (AvgIpc) is 3.63. The lowest BCUT2D eigenvalue weighted by Gasteiger charge is -2.09. The third-order valence-corrected chi connectivity index (χ3v) is 7.79. The summed E-state index contributed by atoms with van der Waals surface area (Å²) in [6.45, 7) is 0. The Hall–Kier alpha value is -5.88. The molecule has 0 atom stereocenters. The van der Waals surface area contributed by atoms with E-state index in [1.807, 2.05) is 78.9 Å². The Labute approximate surface area is 238 Å². The molecule has 5 aromatic carbocycles. The predicted molar refractivity (Wildman–Crippen MR) is 166 cm³/mol. The van der Waals surface area contributed by atoms with Gasteiger partial charge in [-0.1, -0.05) is 78.9 Å². The third-order valence-electron chi connectivity index (χ3n) is 7.79. The molecule has 4 heterocycles. The largest absolute Gasteiger partial charge is 0.456 e. The van der Waals surface area contributed by atoms with Gasteiger partial charge in [0.2, 0.25) is 0 Å². The van der Waals surface area contributed by atoms with Crippen molar-refractivity contribution in [1.82, 2.24) is 19.9 Å². The molecule has 42 heavy (non-hydrogen) atoms. The highest BCUT2D eigenvalue weighted by Gasteiger charge is 2.20. The van der Waals surface area contributed by atoms with Crippen LogP contribution in [0.4, 0.5) is 0 Å². The predicted octanol–water partition coefficient (Wildman–Crippen LogP) is 9.22. The molecule has 0 saturated carbocycles. The molecular formula is C36H20N4O2. The summed E-state index contributed by atoms with van der Waals surface area (Å²) in [5.41, 5.74) is 5.64. The van der Waals surface area contributed by atoms with Crippen molar-refractivity contribution in [3.63, 3.8) is 0 Å². The van der Waals surface area contributed by atoms with E-state index in [2.05, 4.69) is 36.4 Å². The van der Waals surface area contributed by atoms with Crippen molar-refractivity contribution < 1.29 is 8.83 Å². The number of rotatable bonds is 3. The average molecular weight is 541 g/mol. The van der Waals surface area contributed by atoms with Crippen LogP contribution in [0.15, 0.2) is 130 Å². The second-order valence-corrected chi connectivity index (χ2v) is 10.3. The van der Waals surface area contributed by atoms with E-state index in [0.717, 1.165) is 65.8 Å². The number of pyridine rings is 1. The van der Waals surface area contributed by atoms with Crippen molar-refractivity contribution in [2.24, 2.45) is 0 Å². The highest BCUT2D eigenvalue weighted by Crippen LogP contribution is 2.38. The SMILES string of the molecule is c1ccc(-c2nc(-c3ccc4oc5ccccc5c4c3)nc(-c3nccc4oc5c6ccccc6ccc5c34)n2)cc1. The van der Waals surface area contributed by atoms with Crippen LogP contribution in [0.2, 0.25) is 0 Å². The summed E-state index contributed by atoms with van der Waals surface area (Å²) in [6, 6.07) is 38.4. The van der Waals surface area contributed by atoms with Gasteiger partial charge in [-0.3, -0.25) is 4.98 Å². The van der Waals surface area contributed by atoms with Crippen molar-refractivity contribution >= 4 is 54.6 Å². The van der Waals surface area contributed by atoms with Crippen LogP contribution in [0.5, 0.6) is 0 Å². The molecule has 0 aliphatic carbocycles. The van der Waals surface area contributed by atoms with E-state index < -0.39 is 0 Å². The van der Waals surface area contributed by atoms with E-state index in [-0.39, 0.29) is 0 Å². The van der Waals surface area contributed by atoms with Crippen LogP contribution in [0.1, 0.15) is 0 Å². The Bertz CT molecular complexity index is 2480. The maximum atomic E-state index is 6.42. The highest BCUT2D eigenvalue weighted by atomic mass is 16.3. The molecule has 196 valence electrons. The molecule has 0 saturated heterocycles. The summed E-state index contributed by atoms with van der Waals surface area (Å²) < 4.78 is 12.5. The fourth-order valence-corrected chi connectivity index (χ4v) is 5.81. The Morgan fingerprint density at radius 2 is 1.19 bits per heavy atom. The second-order valence-electron chi connectivity index (χ2n) is 10.3. The Morgan fingerprint density at radius 3 is 2.10 bits per heavy atom. The lowest BCUT2D eigenvalue weighted by atomic mass is 10.0. The Kier molecular flexibility index (Phi) is 4.80. The number of aromatic nitrogens is 4. The van der Waals surface area contributed by atoms with Crippen molar-refractivity contribution in [2.75, 3.05) is 0 Å². The number of fused-ring (bicyclic) bond motifs is 8. The molecule has 0 amide bonds. The number of hydrogen-bond donors (Lipinski definition) is 0. The second kappa shape index (κ2) is 8.81. The van der Waals surface area contributed by atoms with Gasteiger partial charge in [-0.2, -0.15) is 0 Å². The molecule has 0 aliphatic rings. The number of hydrogen-bond acceptors (Lipinski definition) is 6. The fourth-order valence-electron chi connectivity index (χ4n) is 5.81. The van der Waals surface area contributed by atoms with Crippen LogP contribution in [0.25, 0.3) is 88.9 Å². The highest BCUT2D eigenvalue weighted by molar-refractivity contribution is 6.18. The maximum absolute atomic E-state index is 6.42. The van der Waals surface area contributed by atoms with E-state index in [0.29, 0.717) is 23.2 Å². The Balaban J connectivity index is 1.32. The molecule has 9 rings (SSSR count). The molecule has 0 radical (unpaired) electrons. The van der Waals surface area contributed by atoms with Gasteiger partial charge in [-0.25, -0.2) is 15.0 Å². The van der Waals surface area contributed by atoms with Crippen LogP contribution >= 0.6 is 0 Å². The summed E-state index contributed by atoms with van der Waals surface area (Å²) in [5, 5.41) is 6.09. The van der Waals surface area contributed by atoms with Gasteiger partial charge in [0.15, 0.2) is 17.5 Å². The van der Waals surface area contributed by atoms with Crippen LogP contribution < -0.4 is 0 Å². The van der Waals surface area contributed by atoms with Crippen molar-refractivity contribution in [3.05, 3.63) is 121 Å². The standard InChI is InChI=1S/C36H20N4O2/c1-2-9-22(10-3-1)34-38-35(23-15-17-29-27(20-23)25-12-6-7-13-28(25)41-29)40-36(39-34)32-31-26-16-14-21-8-4-5-11-24(21)33(26)42-30(31)18-19-37-32/h1-20H. The van der Waals surface area contributed by atoms with Crippen LogP contribution in [-0.2, 0) is 0 Å². The molecule has 0 fully saturated rings. The minimum Gasteiger partial charge on any atom is -0.456 e. The molecule has 6 nitrogen and oxygen atoms in total. The van der Waals surface area contributed by atoms with E-state index in [1.54, 1.807) is 6.20 Å². The van der Waals surface area contributed by atoms with Crippen molar-refractivity contribution in [1.29, 1.82) is 0 Å². The molecule has 0 bridgehead atoms. The van der Waals surface area contributed by atoms with E-state index in [4.69, 9.17) is 28.8 Å². The van der Waals surface area contributed by atoms with E-state index in [9.17, 15) is 0 Å². The van der Waals surface area contributed by atoms with Gasteiger partial charge in [0, 0.05) is 38.9 Å². The first-order valence-corrected chi connectivity index (χ1v) is 13.7. The number of furan rings is 2. The van der Waals surface area contributed by atoms with Crippen LogP contribution in [-0.4, -0.2) is 19.9 Å². The first kappa shape index (κ1) is 22.9. The summed E-state index contributed by atoms with van der Waals surface area (Å²) in [5.74, 6) is 1.62. The van der Waals surface area contributed by atoms with E-state index >= 15 is 0 Å².